The van der Waals surface area contributed by atoms with Gasteiger partial charge in [-0.25, -0.2) is 4.98 Å². The van der Waals surface area contributed by atoms with Crippen molar-refractivity contribution in [2.24, 2.45) is 0 Å². The Balaban J connectivity index is 2.53. The van der Waals surface area contributed by atoms with Crippen LogP contribution in [0.3, 0.4) is 0 Å². The van der Waals surface area contributed by atoms with Gasteiger partial charge in [-0.2, -0.15) is 0 Å². The van der Waals surface area contributed by atoms with Gasteiger partial charge in [-0.05, 0) is 25.6 Å². The zero-order valence-electron chi connectivity index (χ0n) is 7.91. The molecule has 0 atom stereocenters. The van der Waals surface area contributed by atoms with E-state index in [4.69, 9.17) is 0 Å². The van der Waals surface area contributed by atoms with Crippen LogP contribution in [-0.4, -0.2) is 16.4 Å². The molecule has 2 aromatic heterocycles. The van der Waals surface area contributed by atoms with Crippen molar-refractivity contribution >= 4 is 5.52 Å². The molecule has 0 aliphatic carbocycles. The molecular weight excluding hydrogens is 162 g/mol. The lowest BCUT2D eigenvalue weighted by molar-refractivity contribution is 0.809. The summed E-state index contributed by atoms with van der Waals surface area (Å²) >= 11 is 0. The molecular formula is C10H13N3. The highest BCUT2D eigenvalue weighted by molar-refractivity contribution is 5.46. The molecule has 2 aromatic rings. The fourth-order valence-corrected chi connectivity index (χ4v) is 1.47. The first kappa shape index (κ1) is 8.26. The van der Waals surface area contributed by atoms with E-state index in [1.807, 2.05) is 20.2 Å². The van der Waals surface area contributed by atoms with Gasteiger partial charge in [0.05, 0.1) is 11.7 Å². The van der Waals surface area contributed by atoms with Crippen molar-refractivity contribution < 1.29 is 0 Å². The molecule has 2 rings (SSSR count). The van der Waals surface area contributed by atoms with E-state index in [0.29, 0.717) is 0 Å². The lowest BCUT2D eigenvalue weighted by atomic mass is 10.2. The van der Waals surface area contributed by atoms with Gasteiger partial charge in [0.2, 0.25) is 0 Å². The molecule has 2 heterocycles. The van der Waals surface area contributed by atoms with Gasteiger partial charge in [-0.1, -0.05) is 6.07 Å². The van der Waals surface area contributed by atoms with Crippen LogP contribution >= 0.6 is 0 Å². The Morgan fingerprint density at radius 3 is 3.08 bits per heavy atom. The van der Waals surface area contributed by atoms with Gasteiger partial charge < -0.3 is 9.72 Å². The third-order valence-corrected chi connectivity index (χ3v) is 2.15. The fraction of sp³-hybridized carbons (Fsp3) is 0.300. The first-order chi connectivity index (χ1) is 6.31. The summed E-state index contributed by atoms with van der Waals surface area (Å²) in [6, 6.07) is 4.21. The molecule has 13 heavy (non-hydrogen) atoms. The zero-order chi connectivity index (χ0) is 9.26. The summed E-state index contributed by atoms with van der Waals surface area (Å²) in [4.78, 5) is 4.24. The molecule has 0 spiro atoms. The van der Waals surface area contributed by atoms with E-state index in [2.05, 4.69) is 33.0 Å². The first-order valence-electron chi connectivity index (χ1n) is 4.38. The molecule has 0 unspecified atom stereocenters. The molecule has 0 bridgehead atoms. The van der Waals surface area contributed by atoms with Gasteiger partial charge in [-0.15, -0.1) is 0 Å². The van der Waals surface area contributed by atoms with E-state index in [1.54, 1.807) is 0 Å². The summed E-state index contributed by atoms with van der Waals surface area (Å²) in [6.45, 7) is 2.91. The number of nitrogens with zero attached hydrogens (tertiary/aromatic N) is 2. The second-order valence-corrected chi connectivity index (χ2v) is 3.17. The molecule has 1 N–H and O–H groups in total. The van der Waals surface area contributed by atoms with Crippen LogP contribution in [0.2, 0.25) is 0 Å². The molecule has 68 valence electrons. The molecule has 0 aromatic carbocycles. The molecule has 0 amide bonds. The van der Waals surface area contributed by atoms with Crippen molar-refractivity contribution in [2.45, 2.75) is 13.5 Å². The monoisotopic (exact) mass is 175 g/mol. The lowest BCUT2D eigenvalue weighted by Crippen LogP contribution is -2.05. The number of nitrogens with one attached hydrogen (secondary N) is 1. The van der Waals surface area contributed by atoms with Gasteiger partial charge in [0.15, 0.2) is 0 Å². The number of pyridine rings is 1. The Bertz CT molecular complexity index is 417. The number of imidazole rings is 1. The van der Waals surface area contributed by atoms with Gasteiger partial charge >= 0.3 is 0 Å². The molecule has 0 saturated heterocycles. The number of hydrogen-bond acceptors (Lipinski definition) is 2. The lowest BCUT2D eigenvalue weighted by Gasteiger charge is -2.02. The van der Waals surface area contributed by atoms with E-state index in [9.17, 15) is 0 Å². The van der Waals surface area contributed by atoms with Crippen LogP contribution in [0.15, 0.2) is 24.5 Å². The largest absolute Gasteiger partial charge is 0.316 e. The highest BCUT2D eigenvalue weighted by Crippen LogP contribution is 2.08. The summed E-state index contributed by atoms with van der Waals surface area (Å²) in [5.74, 6) is 1.04. The molecule has 0 radical (unpaired) electrons. The van der Waals surface area contributed by atoms with Crippen molar-refractivity contribution in [3.05, 3.63) is 35.9 Å². The topological polar surface area (TPSA) is 29.3 Å². The van der Waals surface area contributed by atoms with E-state index < -0.39 is 0 Å². The average Bonchev–Trinajstić information content (AvgIpc) is 2.49. The Morgan fingerprint density at radius 1 is 1.46 bits per heavy atom. The summed E-state index contributed by atoms with van der Waals surface area (Å²) in [5.41, 5.74) is 2.42. The van der Waals surface area contributed by atoms with Gasteiger partial charge in [0.25, 0.3) is 0 Å². The maximum Gasteiger partial charge on any atom is 0.110 e. The summed E-state index contributed by atoms with van der Waals surface area (Å²) in [5, 5.41) is 3.13. The number of fused-ring (bicyclic) bond motifs is 1. The van der Waals surface area contributed by atoms with Gasteiger partial charge in [0.1, 0.15) is 5.82 Å². The Labute approximate surface area is 77.4 Å². The van der Waals surface area contributed by atoms with Crippen molar-refractivity contribution in [1.29, 1.82) is 0 Å². The van der Waals surface area contributed by atoms with E-state index in [1.165, 1.54) is 5.56 Å². The Hall–Kier alpha value is -1.35. The smallest absolute Gasteiger partial charge is 0.110 e. The predicted molar refractivity (Wildman–Crippen MR) is 52.7 cm³/mol. The first-order valence-corrected chi connectivity index (χ1v) is 4.38. The minimum atomic E-state index is 0.896. The zero-order valence-corrected chi connectivity index (χ0v) is 7.91. The van der Waals surface area contributed by atoms with Crippen LogP contribution in [0, 0.1) is 6.92 Å². The van der Waals surface area contributed by atoms with Crippen LogP contribution in [0.4, 0.5) is 0 Å². The molecule has 0 aliphatic heterocycles. The summed E-state index contributed by atoms with van der Waals surface area (Å²) in [7, 11) is 1.95. The summed E-state index contributed by atoms with van der Waals surface area (Å²) in [6.07, 6.45) is 4.01. The predicted octanol–water partition coefficient (Wildman–Crippen LogP) is 1.36. The maximum absolute atomic E-state index is 4.24. The number of aryl methyl sites for hydroxylation is 1. The molecule has 0 aliphatic rings. The minimum absolute atomic E-state index is 0.896. The molecule has 3 nitrogen and oxygen atoms in total. The highest BCUT2D eigenvalue weighted by Gasteiger charge is 1.98. The van der Waals surface area contributed by atoms with Crippen LogP contribution in [0.5, 0.6) is 0 Å². The quantitative estimate of drug-likeness (QED) is 0.746. The van der Waals surface area contributed by atoms with Crippen molar-refractivity contribution in [1.82, 2.24) is 14.7 Å². The second-order valence-electron chi connectivity index (χ2n) is 3.17. The van der Waals surface area contributed by atoms with E-state index >= 15 is 0 Å². The van der Waals surface area contributed by atoms with Gasteiger partial charge in [0, 0.05) is 12.7 Å². The standard InChI is InChI=1S/C10H13N3/c1-8-12-6-10-4-3-9(5-11-2)7-13(8)10/h3-4,6-7,11H,5H2,1-2H3. The molecule has 3 heteroatoms. The Morgan fingerprint density at radius 2 is 2.31 bits per heavy atom. The number of hydrogen-bond donors (Lipinski definition) is 1. The van der Waals surface area contributed by atoms with E-state index in [-0.39, 0.29) is 0 Å². The maximum atomic E-state index is 4.24. The Kier molecular flexibility index (Phi) is 2.02. The minimum Gasteiger partial charge on any atom is -0.316 e. The van der Waals surface area contributed by atoms with Crippen molar-refractivity contribution in [3.8, 4) is 0 Å². The third kappa shape index (κ3) is 1.42. The van der Waals surface area contributed by atoms with Crippen LogP contribution in [0.25, 0.3) is 5.52 Å². The number of aromatic nitrogens is 2. The summed E-state index contributed by atoms with van der Waals surface area (Å²) < 4.78 is 2.10. The third-order valence-electron chi connectivity index (χ3n) is 2.15. The van der Waals surface area contributed by atoms with Gasteiger partial charge in [-0.3, -0.25) is 0 Å². The van der Waals surface area contributed by atoms with E-state index in [0.717, 1.165) is 17.9 Å². The highest BCUT2D eigenvalue weighted by atomic mass is 15.0. The van der Waals surface area contributed by atoms with Crippen LogP contribution in [0.1, 0.15) is 11.4 Å². The SMILES string of the molecule is CNCc1ccc2cnc(C)n2c1. The van der Waals surface area contributed by atoms with Crippen molar-refractivity contribution in [3.63, 3.8) is 0 Å². The van der Waals surface area contributed by atoms with Crippen LogP contribution in [-0.2, 0) is 6.54 Å². The molecule has 0 fully saturated rings. The average molecular weight is 175 g/mol. The van der Waals surface area contributed by atoms with Crippen molar-refractivity contribution in [2.75, 3.05) is 7.05 Å². The normalized spacial score (nSPS) is 10.9. The second kappa shape index (κ2) is 3.18. The fourth-order valence-electron chi connectivity index (χ4n) is 1.47. The van der Waals surface area contributed by atoms with Crippen LogP contribution < -0.4 is 5.32 Å². The number of rotatable bonds is 2. The molecule has 0 saturated carbocycles.